The van der Waals surface area contributed by atoms with Crippen molar-refractivity contribution in [2.75, 3.05) is 13.6 Å². The fourth-order valence-corrected chi connectivity index (χ4v) is 0.975. The smallest absolute Gasteiger partial charge is 0 e. The number of likely N-dealkylation sites (tertiary alicyclic amines) is 1. The van der Waals surface area contributed by atoms with Crippen LogP contribution in [0.5, 0.6) is 0 Å². The molecule has 1 heterocycles. The predicted octanol–water partition coefficient (Wildman–Crippen LogP) is 1.12. The molecule has 1 radical (unpaired) electrons. The zero-order valence-electron chi connectivity index (χ0n) is 6.01. The summed E-state index contributed by atoms with van der Waals surface area (Å²) in [7, 11) is 2.12. The van der Waals surface area contributed by atoms with Crippen LogP contribution in [0.1, 0.15) is 12.8 Å². The Morgan fingerprint density at radius 2 is 2.33 bits per heavy atom. The standard InChI is InChI=1S/C7H13N.Y/c1-7-5-3-4-6-8(7)2;/h4,7H,1,3,5-6H2,2H3;/q-2;. The molecule has 0 N–H and O–H groups in total. The molecular formula is C7H13NY-2. The van der Waals surface area contributed by atoms with Gasteiger partial charge in [0.1, 0.15) is 0 Å². The third-order valence-electron chi connectivity index (χ3n) is 1.74. The largest absolute Gasteiger partial charge is 0.362 e. The molecule has 1 saturated heterocycles. The maximum atomic E-state index is 3.98. The third-order valence-corrected chi connectivity index (χ3v) is 1.74. The van der Waals surface area contributed by atoms with Crippen LogP contribution in [0.2, 0.25) is 0 Å². The van der Waals surface area contributed by atoms with Gasteiger partial charge in [0.05, 0.1) is 0 Å². The van der Waals surface area contributed by atoms with Crippen molar-refractivity contribution >= 4 is 0 Å². The monoisotopic (exact) mass is 200 g/mol. The first-order valence-corrected chi connectivity index (χ1v) is 3.15. The van der Waals surface area contributed by atoms with E-state index in [2.05, 4.69) is 25.3 Å². The summed E-state index contributed by atoms with van der Waals surface area (Å²) in [6, 6.07) is 0.556. The Kier molecular flexibility index (Phi) is 5.38. The quantitative estimate of drug-likeness (QED) is 0.529. The summed E-state index contributed by atoms with van der Waals surface area (Å²) in [5, 5.41) is 0. The van der Waals surface area contributed by atoms with Crippen LogP contribution in [-0.4, -0.2) is 24.5 Å². The Bertz CT molecular complexity index is 65.3. The maximum Gasteiger partial charge on any atom is 0 e. The molecule has 0 aliphatic carbocycles. The summed E-state index contributed by atoms with van der Waals surface area (Å²) >= 11 is 0. The molecule has 1 unspecified atom stereocenters. The molecule has 1 nitrogen and oxygen atoms in total. The fraction of sp³-hybridized carbons (Fsp3) is 0.714. The molecular weight excluding hydrogens is 187 g/mol. The summed E-state index contributed by atoms with van der Waals surface area (Å²) in [5.74, 6) is 0. The molecule has 2 heteroatoms. The van der Waals surface area contributed by atoms with Gasteiger partial charge in [-0.25, -0.2) is 0 Å². The molecule has 1 fully saturated rings. The molecule has 1 aliphatic heterocycles. The minimum absolute atomic E-state index is 0. The van der Waals surface area contributed by atoms with Crippen molar-refractivity contribution < 1.29 is 32.7 Å². The molecule has 9 heavy (non-hydrogen) atoms. The molecule has 1 atom stereocenters. The van der Waals surface area contributed by atoms with Crippen LogP contribution in [0.15, 0.2) is 0 Å². The Hall–Kier alpha value is 1.06. The van der Waals surface area contributed by atoms with Crippen LogP contribution in [0.25, 0.3) is 0 Å². The number of nitrogens with zero attached hydrogens (tertiary/aromatic N) is 1. The molecule has 0 aromatic heterocycles. The Morgan fingerprint density at radius 1 is 1.67 bits per heavy atom. The van der Waals surface area contributed by atoms with Gasteiger partial charge in [-0.05, 0) is 7.05 Å². The van der Waals surface area contributed by atoms with Gasteiger partial charge in [0.2, 0.25) is 0 Å². The average molecular weight is 200 g/mol. The molecule has 0 spiro atoms. The fourth-order valence-electron chi connectivity index (χ4n) is 0.975. The molecule has 51 valence electrons. The topological polar surface area (TPSA) is 3.24 Å². The van der Waals surface area contributed by atoms with Gasteiger partial charge in [0.15, 0.2) is 0 Å². The van der Waals surface area contributed by atoms with E-state index in [9.17, 15) is 0 Å². The van der Waals surface area contributed by atoms with Crippen molar-refractivity contribution in [2.24, 2.45) is 0 Å². The van der Waals surface area contributed by atoms with Gasteiger partial charge in [-0.15, -0.1) is 12.6 Å². The first-order valence-electron chi connectivity index (χ1n) is 3.15. The van der Waals surface area contributed by atoms with Crippen LogP contribution >= 0.6 is 0 Å². The Balaban J connectivity index is 0.000000640. The van der Waals surface area contributed by atoms with E-state index in [4.69, 9.17) is 0 Å². The van der Waals surface area contributed by atoms with E-state index >= 15 is 0 Å². The molecule has 1 rings (SSSR count). The summed E-state index contributed by atoms with van der Waals surface area (Å²) < 4.78 is 0. The van der Waals surface area contributed by atoms with E-state index in [0.717, 1.165) is 6.54 Å². The van der Waals surface area contributed by atoms with Gasteiger partial charge < -0.3 is 18.2 Å². The Labute approximate surface area is 83.1 Å². The number of hydrogen-bond donors (Lipinski definition) is 0. The summed E-state index contributed by atoms with van der Waals surface area (Å²) in [6.07, 6.45) is 4.79. The minimum atomic E-state index is 0. The SMILES string of the molecule is [CH2-]C1CC[CH-]CN1C.[Y]. The van der Waals surface area contributed by atoms with Crippen molar-refractivity contribution in [2.45, 2.75) is 18.9 Å². The van der Waals surface area contributed by atoms with Crippen molar-refractivity contribution in [3.8, 4) is 0 Å². The van der Waals surface area contributed by atoms with Crippen molar-refractivity contribution in [1.82, 2.24) is 4.90 Å². The van der Waals surface area contributed by atoms with Crippen molar-refractivity contribution in [1.29, 1.82) is 0 Å². The molecule has 0 amide bonds. The van der Waals surface area contributed by atoms with Crippen molar-refractivity contribution in [3.63, 3.8) is 0 Å². The summed E-state index contributed by atoms with van der Waals surface area (Å²) in [6.45, 7) is 5.10. The molecule has 0 bridgehead atoms. The van der Waals surface area contributed by atoms with Crippen LogP contribution in [0.4, 0.5) is 0 Å². The van der Waals surface area contributed by atoms with E-state index in [0.29, 0.717) is 6.04 Å². The second-order valence-electron chi connectivity index (χ2n) is 2.46. The zero-order chi connectivity index (χ0) is 5.98. The second kappa shape index (κ2) is 4.81. The van der Waals surface area contributed by atoms with Crippen LogP contribution in [0.3, 0.4) is 0 Å². The van der Waals surface area contributed by atoms with Gasteiger partial charge >= 0.3 is 0 Å². The van der Waals surface area contributed by atoms with Crippen LogP contribution in [0, 0.1) is 13.3 Å². The molecule has 0 saturated carbocycles. The van der Waals surface area contributed by atoms with E-state index in [-0.39, 0.29) is 32.7 Å². The van der Waals surface area contributed by atoms with Crippen LogP contribution in [-0.2, 0) is 32.7 Å². The minimum Gasteiger partial charge on any atom is -0.362 e. The van der Waals surface area contributed by atoms with E-state index in [1.807, 2.05) is 0 Å². The number of rotatable bonds is 0. The molecule has 1 aliphatic rings. The average Bonchev–Trinajstić information content (AvgIpc) is 1.77. The van der Waals surface area contributed by atoms with E-state index < -0.39 is 0 Å². The Morgan fingerprint density at radius 3 is 2.67 bits per heavy atom. The van der Waals surface area contributed by atoms with Gasteiger partial charge in [0.25, 0.3) is 0 Å². The zero-order valence-corrected chi connectivity index (χ0v) is 8.85. The van der Waals surface area contributed by atoms with E-state index in [1.54, 1.807) is 0 Å². The summed E-state index contributed by atoms with van der Waals surface area (Å²) in [4.78, 5) is 2.27. The first-order chi connectivity index (χ1) is 3.80. The van der Waals surface area contributed by atoms with Gasteiger partial charge in [-0.1, -0.05) is 6.42 Å². The maximum absolute atomic E-state index is 3.98. The second-order valence-corrected chi connectivity index (χ2v) is 2.46. The van der Waals surface area contributed by atoms with Gasteiger partial charge in [0, 0.05) is 32.7 Å². The normalized spacial score (nSPS) is 29.3. The third kappa shape index (κ3) is 3.11. The first kappa shape index (κ1) is 10.1. The predicted molar refractivity (Wildman–Crippen MR) is 35.3 cm³/mol. The molecule has 0 aromatic rings. The molecule has 0 aromatic carbocycles. The van der Waals surface area contributed by atoms with Gasteiger partial charge in [-0.3, -0.25) is 0 Å². The van der Waals surface area contributed by atoms with Crippen molar-refractivity contribution in [3.05, 3.63) is 13.3 Å². The summed E-state index contributed by atoms with van der Waals surface area (Å²) in [5.41, 5.74) is 0. The van der Waals surface area contributed by atoms with Gasteiger partial charge in [-0.2, -0.15) is 6.42 Å². The number of piperidine rings is 1. The van der Waals surface area contributed by atoms with E-state index in [1.165, 1.54) is 12.8 Å². The van der Waals surface area contributed by atoms with Crippen LogP contribution < -0.4 is 0 Å². The number of hydrogen-bond acceptors (Lipinski definition) is 1.